The summed E-state index contributed by atoms with van der Waals surface area (Å²) < 4.78 is 10.6. The Morgan fingerprint density at radius 3 is 2.95 bits per heavy atom. The maximum atomic E-state index is 11.6. The van der Waals surface area contributed by atoms with E-state index < -0.39 is 17.8 Å². The van der Waals surface area contributed by atoms with Crippen LogP contribution in [-0.4, -0.2) is 34.5 Å². The lowest BCUT2D eigenvalue weighted by Crippen LogP contribution is -2.27. The first-order valence-electron chi connectivity index (χ1n) is 6.09. The van der Waals surface area contributed by atoms with E-state index in [1.807, 2.05) is 0 Å². The Morgan fingerprint density at radius 1 is 1.63 bits per heavy atom. The molecule has 1 aromatic heterocycles. The van der Waals surface area contributed by atoms with E-state index in [4.69, 9.17) is 9.47 Å². The highest BCUT2D eigenvalue weighted by molar-refractivity contribution is 7.15. The van der Waals surface area contributed by atoms with Crippen molar-refractivity contribution >= 4 is 22.6 Å². The number of aromatic nitrogens is 1. The van der Waals surface area contributed by atoms with Crippen LogP contribution < -0.4 is 5.32 Å². The normalized spacial score (nSPS) is 23.4. The molecule has 0 saturated carbocycles. The molecule has 1 aliphatic rings. The highest BCUT2D eigenvalue weighted by Crippen LogP contribution is 2.34. The molecule has 6 nitrogen and oxygen atoms in total. The second kappa shape index (κ2) is 5.44. The summed E-state index contributed by atoms with van der Waals surface area (Å²) in [6, 6.07) is 0. The summed E-state index contributed by atoms with van der Waals surface area (Å²) in [6.07, 6.45) is 1.13. The number of hydrogen-bond donors (Lipinski definition) is 2. The Bertz CT molecular complexity index is 455. The van der Waals surface area contributed by atoms with Crippen LogP contribution in [0.2, 0.25) is 0 Å². The van der Waals surface area contributed by atoms with Crippen LogP contribution in [0, 0.1) is 0 Å². The van der Waals surface area contributed by atoms with Crippen molar-refractivity contribution in [1.29, 1.82) is 0 Å². The van der Waals surface area contributed by atoms with E-state index in [0.29, 0.717) is 18.2 Å². The minimum absolute atomic E-state index is 0.137. The van der Waals surface area contributed by atoms with Crippen molar-refractivity contribution in [2.75, 3.05) is 11.9 Å². The summed E-state index contributed by atoms with van der Waals surface area (Å²) in [6.45, 7) is 5.74. The molecule has 2 atom stereocenters. The molecule has 0 bridgehead atoms. The van der Waals surface area contributed by atoms with Crippen LogP contribution in [0.5, 0.6) is 0 Å². The van der Waals surface area contributed by atoms with Crippen LogP contribution in [0.3, 0.4) is 0 Å². The first-order chi connectivity index (χ1) is 8.83. The third-order valence-corrected chi connectivity index (χ3v) is 3.43. The lowest BCUT2D eigenvalue weighted by molar-refractivity contribution is 0.0636. The minimum Gasteiger partial charge on any atom is -0.444 e. The van der Waals surface area contributed by atoms with Gasteiger partial charge in [-0.3, -0.25) is 5.32 Å². The van der Waals surface area contributed by atoms with E-state index in [1.165, 1.54) is 11.3 Å². The van der Waals surface area contributed by atoms with Crippen LogP contribution in [-0.2, 0) is 9.47 Å². The van der Waals surface area contributed by atoms with Gasteiger partial charge in [0, 0.05) is 12.6 Å². The summed E-state index contributed by atoms with van der Waals surface area (Å²) in [5.41, 5.74) is -0.539. The first-order valence-corrected chi connectivity index (χ1v) is 6.90. The Labute approximate surface area is 115 Å². The molecule has 106 valence electrons. The summed E-state index contributed by atoms with van der Waals surface area (Å²) in [4.78, 5) is 16.6. The molecular weight excluding hydrogens is 268 g/mol. The molecule has 7 heteroatoms. The quantitative estimate of drug-likeness (QED) is 0.872. The lowest BCUT2D eigenvalue weighted by atomic mass is 10.2. The summed E-state index contributed by atoms with van der Waals surface area (Å²) in [5, 5.41) is 12.5. The van der Waals surface area contributed by atoms with Gasteiger partial charge in [-0.1, -0.05) is 11.3 Å². The van der Waals surface area contributed by atoms with Crippen LogP contribution in [0.15, 0.2) is 6.20 Å². The van der Waals surface area contributed by atoms with Gasteiger partial charge >= 0.3 is 6.09 Å². The Morgan fingerprint density at radius 2 is 2.37 bits per heavy atom. The first kappa shape index (κ1) is 14.2. The van der Waals surface area contributed by atoms with Crippen molar-refractivity contribution in [3.05, 3.63) is 11.1 Å². The van der Waals surface area contributed by atoms with Gasteiger partial charge in [0.1, 0.15) is 5.60 Å². The molecule has 0 spiro atoms. The van der Waals surface area contributed by atoms with Crippen molar-refractivity contribution in [2.45, 2.75) is 45.0 Å². The number of amides is 1. The Hall–Kier alpha value is -1.18. The monoisotopic (exact) mass is 286 g/mol. The second-order valence-corrected chi connectivity index (χ2v) is 6.47. The van der Waals surface area contributed by atoms with Crippen molar-refractivity contribution in [1.82, 2.24) is 4.98 Å². The largest absolute Gasteiger partial charge is 0.444 e. The highest BCUT2D eigenvalue weighted by Gasteiger charge is 2.27. The zero-order chi connectivity index (χ0) is 14.0. The van der Waals surface area contributed by atoms with Crippen molar-refractivity contribution in [3.63, 3.8) is 0 Å². The van der Waals surface area contributed by atoms with Gasteiger partial charge in [0.2, 0.25) is 0 Å². The third kappa shape index (κ3) is 4.15. The maximum Gasteiger partial charge on any atom is 0.413 e. The van der Waals surface area contributed by atoms with Gasteiger partial charge in [-0.05, 0) is 20.8 Å². The van der Waals surface area contributed by atoms with E-state index in [1.54, 1.807) is 27.0 Å². The number of carbonyl (C=O) groups excluding carboxylic acids is 1. The molecule has 2 rings (SSSR count). The fourth-order valence-electron chi connectivity index (χ4n) is 1.69. The molecule has 0 aliphatic carbocycles. The molecule has 2 N–H and O–H groups in total. The molecule has 1 fully saturated rings. The predicted molar refractivity (Wildman–Crippen MR) is 71.3 cm³/mol. The zero-order valence-corrected chi connectivity index (χ0v) is 12.0. The molecule has 1 saturated heterocycles. The molecule has 0 aromatic carbocycles. The topological polar surface area (TPSA) is 80.7 Å². The number of aliphatic hydroxyl groups is 1. The number of aliphatic hydroxyl groups excluding tert-OH is 1. The van der Waals surface area contributed by atoms with E-state index >= 15 is 0 Å². The average molecular weight is 286 g/mol. The maximum absolute atomic E-state index is 11.6. The number of nitrogens with one attached hydrogen (secondary N) is 1. The van der Waals surface area contributed by atoms with E-state index in [0.717, 1.165) is 4.88 Å². The molecule has 19 heavy (non-hydrogen) atoms. The minimum atomic E-state index is -0.539. The standard InChI is InChI=1S/C12H18N2O4S/c1-12(2,3)18-11(16)14-10-13-5-9(19-10)8-4-7(15)6-17-8/h5,7-8,15H,4,6H2,1-3H3,(H,13,14,16)/t7-,8-/m0/s1. The fourth-order valence-corrected chi connectivity index (χ4v) is 2.56. The van der Waals surface area contributed by atoms with Gasteiger partial charge < -0.3 is 14.6 Å². The SMILES string of the molecule is CC(C)(C)OC(=O)Nc1ncc([C@@H]2C[C@H](O)CO2)s1. The highest BCUT2D eigenvalue weighted by atomic mass is 32.1. The number of hydrogen-bond acceptors (Lipinski definition) is 6. The van der Waals surface area contributed by atoms with Crippen molar-refractivity contribution < 1.29 is 19.4 Å². The van der Waals surface area contributed by atoms with Gasteiger partial charge in [-0.25, -0.2) is 9.78 Å². The van der Waals surface area contributed by atoms with Gasteiger partial charge in [-0.15, -0.1) is 0 Å². The van der Waals surface area contributed by atoms with Gasteiger partial charge in [0.05, 0.1) is 23.7 Å². The third-order valence-electron chi connectivity index (χ3n) is 2.42. The zero-order valence-electron chi connectivity index (χ0n) is 11.2. The fraction of sp³-hybridized carbons (Fsp3) is 0.667. The van der Waals surface area contributed by atoms with E-state index in [-0.39, 0.29) is 6.10 Å². The van der Waals surface area contributed by atoms with E-state index in [9.17, 15) is 9.90 Å². The molecule has 0 unspecified atom stereocenters. The second-order valence-electron chi connectivity index (χ2n) is 5.41. The summed E-state index contributed by atoms with van der Waals surface area (Å²) >= 11 is 1.33. The number of thiazole rings is 1. The smallest absolute Gasteiger partial charge is 0.413 e. The molecule has 0 radical (unpaired) electrons. The predicted octanol–water partition coefficient (Wildman–Crippen LogP) is 2.31. The number of ether oxygens (including phenoxy) is 2. The molecule has 1 aromatic rings. The average Bonchev–Trinajstić information content (AvgIpc) is 2.83. The van der Waals surface area contributed by atoms with Crippen LogP contribution >= 0.6 is 11.3 Å². The number of anilines is 1. The number of nitrogens with zero attached hydrogens (tertiary/aromatic N) is 1. The number of carbonyl (C=O) groups is 1. The molecule has 1 amide bonds. The van der Waals surface area contributed by atoms with Gasteiger partial charge in [0.15, 0.2) is 5.13 Å². The summed E-state index contributed by atoms with van der Waals surface area (Å²) in [7, 11) is 0. The van der Waals surface area contributed by atoms with Crippen LogP contribution in [0.25, 0.3) is 0 Å². The lowest BCUT2D eigenvalue weighted by Gasteiger charge is -2.18. The van der Waals surface area contributed by atoms with Crippen molar-refractivity contribution in [2.24, 2.45) is 0 Å². The molecule has 1 aliphatic heterocycles. The van der Waals surface area contributed by atoms with Crippen LogP contribution in [0.1, 0.15) is 38.2 Å². The van der Waals surface area contributed by atoms with Crippen LogP contribution in [0.4, 0.5) is 9.93 Å². The van der Waals surface area contributed by atoms with Gasteiger partial charge in [0.25, 0.3) is 0 Å². The molecular formula is C12H18N2O4S. The molecule has 2 heterocycles. The van der Waals surface area contributed by atoms with Crippen molar-refractivity contribution in [3.8, 4) is 0 Å². The Kier molecular flexibility index (Phi) is 4.07. The Balaban J connectivity index is 1.92. The number of rotatable bonds is 2. The summed E-state index contributed by atoms with van der Waals surface area (Å²) in [5.74, 6) is 0. The van der Waals surface area contributed by atoms with Gasteiger partial charge in [-0.2, -0.15) is 0 Å². The van der Waals surface area contributed by atoms with E-state index in [2.05, 4.69) is 10.3 Å².